The van der Waals surface area contributed by atoms with Crippen LogP contribution in [0.1, 0.15) is 48.8 Å². The molecule has 0 amide bonds. The Balaban J connectivity index is 1.46. The fourth-order valence-electron chi connectivity index (χ4n) is 4.86. The van der Waals surface area contributed by atoms with Crippen molar-refractivity contribution in [1.82, 2.24) is 20.6 Å². The number of nitrogens with zero attached hydrogens (tertiary/aromatic N) is 3. The average Bonchev–Trinajstić information content (AvgIpc) is 3.56. The molecule has 39 heavy (non-hydrogen) atoms. The third-order valence-electron chi connectivity index (χ3n) is 6.54. The van der Waals surface area contributed by atoms with Crippen LogP contribution in [0.2, 0.25) is 5.02 Å². The second-order valence-corrected chi connectivity index (χ2v) is 9.34. The first-order chi connectivity index (χ1) is 18.9. The molecule has 2 aliphatic rings. The van der Waals surface area contributed by atoms with Crippen molar-refractivity contribution in [2.75, 3.05) is 27.4 Å². The third-order valence-corrected chi connectivity index (χ3v) is 6.77. The van der Waals surface area contributed by atoms with E-state index in [-0.39, 0.29) is 23.7 Å². The van der Waals surface area contributed by atoms with Crippen molar-refractivity contribution >= 4 is 23.4 Å². The molecular formula is C27H29ClFN5O5. The number of hydrogen-bond donors (Lipinski definition) is 2. The molecule has 1 aromatic heterocycles. The molecule has 0 radical (unpaired) electrons. The second-order valence-electron chi connectivity index (χ2n) is 8.90. The normalized spacial score (nSPS) is 18.2. The number of benzene rings is 2. The molecule has 206 valence electrons. The number of hydrazine groups is 2. The van der Waals surface area contributed by atoms with E-state index >= 15 is 4.39 Å². The Kier molecular flexibility index (Phi) is 7.92. The summed E-state index contributed by atoms with van der Waals surface area (Å²) < 4.78 is 40.4. The molecule has 3 aromatic rings. The van der Waals surface area contributed by atoms with Gasteiger partial charge >= 0.3 is 5.97 Å². The number of aromatic nitrogens is 1. The molecule has 0 saturated heterocycles. The zero-order valence-corrected chi connectivity index (χ0v) is 22.5. The van der Waals surface area contributed by atoms with Gasteiger partial charge in [-0.3, -0.25) is 10.2 Å². The van der Waals surface area contributed by atoms with Crippen LogP contribution in [0, 0.1) is 5.82 Å². The summed E-state index contributed by atoms with van der Waals surface area (Å²) in [6, 6.07) is 12.2. The van der Waals surface area contributed by atoms with Crippen LogP contribution in [-0.4, -0.2) is 48.9 Å². The van der Waals surface area contributed by atoms with E-state index in [1.807, 2.05) is 29.0 Å². The molecule has 0 saturated carbocycles. The summed E-state index contributed by atoms with van der Waals surface area (Å²) in [4.78, 5) is 11.8. The van der Waals surface area contributed by atoms with Crippen molar-refractivity contribution in [3.8, 4) is 17.2 Å². The monoisotopic (exact) mass is 557 g/mol. The van der Waals surface area contributed by atoms with Crippen LogP contribution >= 0.6 is 11.6 Å². The zero-order chi connectivity index (χ0) is 27.5. The number of hydrogen-bond acceptors (Lipinski definition) is 9. The molecular weight excluding hydrogens is 529 g/mol. The van der Waals surface area contributed by atoms with Crippen molar-refractivity contribution in [1.29, 1.82) is 0 Å². The fraction of sp³-hybridized carbons (Fsp3) is 0.333. The van der Waals surface area contributed by atoms with E-state index in [2.05, 4.69) is 16.1 Å². The number of nitrogens with one attached hydrogen (secondary N) is 2. The van der Waals surface area contributed by atoms with Gasteiger partial charge in [0.05, 0.1) is 37.8 Å². The van der Waals surface area contributed by atoms with Gasteiger partial charge in [-0.1, -0.05) is 11.6 Å². The van der Waals surface area contributed by atoms with E-state index in [0.717, 1.165) is 11.4 Å². The number of methoxy groups -OCH3 is 2. The highest BCUT2D eigenvalue weighted by Gasteiger charge is 2.35. The molecule has 2 atom stereocenters. The first-order valence-electron chi connectivity index (χ1n) is 12.5. The second kappa shape index (κ2) is 11.5. The van der Waals surface area contributed by atoms with E-state index in [9.17, 15) is 4.79 Å². The van der Waals surface area contributed by atoms with E-state index < -0.39 is 18.0 Å². The quantitative estimate of drug-likeness (QED) is 0.373. The number of amidine groups is 1. The Bertz CT molecular complexity index is 1400. The third kappa shape index (κ3) is 5.38. The van der Waals surface area contributed by atoms with Crippen molar-refractivity contribution < 1.29 is 28.1 Å². The Labute approximate surface area is 230 Å². The Hall–Kier alpha value is -3.80. The number of halogens is 2. The van der Waals surface area contributed by atoms with Crippen LogP contribution < -0.4 is 20.4 Å². The molecule has 0 fully saturated rings. The molecule has 5 rings (SSSR count). The lowest BCUT2D eigenvalue weighted by molar-refractivity contribution is -0.141. The van der Waals surface area contributed by atoms with Crippen LogP contribution in [0.5, 0.6) is 11.5 Å². The van der Waals surface area contributed by atoms with Crippen molar-refractivity contribution in [3.05, 3.63) is 76.3 Å². The van der Waals surface area contributed by atoms with E-state index in [4.69, 9.17) is 30.5 Å². The minimum Gasteiger partial charge on any atom is -0.493 e. The number of hydrazone groups is 1. The first kappa shape index (κ1) is 26.8. The number of carbonyl (C=O) groups is 1. The summed E-state index contributed by atoms with van der Waals surface area (Å²) in [6.45, 7) is 2.49. The number of esters is 1. The molecule has 0 unspecified atom stereocenters. The maximum atomic E-state index is 15.5. The lowest BCUT2D eigenvalue weighted by Crippen LogP contribution is -2.43. The SMILES string of the molecule is CCOC(=O)CC1=NNN(CC[C@H]2O[C@H](c3c(F)ccc(OC)c3OC)c3cc(Cl)ccc3-n3cccc32)N1. The van der Waals surface area contributed by atoms with Crippen molar-refractivity contribution in [3.63, 3.8) is 0 Å². The summed E-state index contributed by atoms with van der Waals surface area (Å²) in [5.41, 5.74) is 8.52. The molecule has 2 N–H and O–H groups in total. The number of carbonyl (C=O) groups excluding carboxylic acids is 1. The zero-order valence-electron chi connectivity index (χ0n) is 21.7. The molecule has 0 spiro atoms. The van der Waals surface area contributed by atoms with Crippen LogP contribution in [0.15, 0.2) is 53.8 Å². The highest BCUT2D eigenvalue weighted by molar-refractivity contribution is 6.30. The van der Waals surface area contributed by atoms with E-state index in [1.54, 1.807) is 24.2 Å². The van der Waals surface area contributed by atoms with Crippen LogP contribution in [-0.2, 0) is 14.3 Å². The molecule has 3 heterocycles. The van der Waals surface area contributed by atoms with Gasteiger partial charge in [-0.05, 0) is 55.8 Å². The summed E-state index contributed by atoms with van der Waals surface area (Å²) in [6.07, 6.45) is 1.12. The number of ether oxygens (including phenoxy) is 4. The van der Waals surface area contributed by atoms with Crippen LogP contribution in [0.4, 0.5) is 4.39 Å². The van der Waals surface area contributed by atoms with Gasteiger partial charge in [-0.15, -0.1) is 10.2 Å². The summed E-state index contributed by atoms with van der Waals surface area (Å²) in [7, 11) is 2.97. The van der Waals surface area contributed by atoms with Gasteiger partial charge in [-0.2, -0.15) is 0 Å². The van der Waals surface area contributed by atoms with Gasteiger partial charge in [-0.25, -0.2) is 9.93 Å². The van der Waals surface area contributed by atoms with Crippen LogP contribution in [0.25, 0.3) is 5.69 Å². The number of rotatable bonds is 9. The molecule has 10 nitrogen and oxygen atoms in total. The van der Waals surface area contributed by atoms with E-state index in [1.165, 1.54) is 26.4 Å². The van der Waals surface area contributed by atoms with Crippen molar-refractivity contribution in [2.24, 2.45) is 5.10 Å². The topological polar surface area (TPSA) is 98.6 Å². The number of fused-ring (bicyclic) bond motifs is 3. The smallest absolute Gasteiger partial charge is 0.313 e. The molecule has 2 aliphatic heterocycles. The maximum Gasteiger partial charge on any atom is 0.313 e. The summed E-state index contributed by atoms with van der Waals surface area (Å²) in [5, 5.41) is 6.30. The van der Waals surface area contributed by atoms with E-state index in [0.29, 0.717) is 41.7 Å². The summed E-state index contributed by atoms with van der Waals surface area (Å²) in [5.74, 6) is 0.221. The highest BCUT2D eigenvalue weighted by atomic mass is 35.5. The molecule has 0 aliphatic carbocycles. The Morgan fingerprint density at radius 3 is 2.82 bits per heavy atom. The van der Waals surface area contributed by atoms with Gasteiger partial charge in [0.1, 0.15) is 24.4 Å². The Morgan fingerprint density at radius 1 is 1.21 bits per heavy atom. The standard InChI is InChI=1S/C27H29ClFN5O5/c1-4-38-24(35)15-23-30-32-34(31-23)13-11-21-20-6-5-12-33(20)19-9-7-16(28)14-17(19)26(39-21)25-18(29)8-10-22(36-2)27(25)37-3/h5-10,12,14,21,26,32H,4,11,13,15H2,1-3H3,(H,30,31)/t21-,26+/m1/s1. The summed E-state index contributed by atoms with van der Waals surface area (Å²) >= 11 is 6.43. The van der Waals surface area contributed by atoms with Crippen molar-refractivity contribution in [2.45, 2.75) is 32.0 Å². The predicted molar refractivity (Wildman–Crippen MR) is 142 cm³/mol. The minimum atomic E-state index is -0.858. The lowest BCUT2D eigenvalue weighted by Gasteiger charge is -2.26. The molecule has 12 heteroatoms. The van der Waals surface area contributed by atoms with Gasteiger partial charge < -0.3 is 23.5 Å². The van der Waals surface area contributed by atoms with Gasteiger partial charge in [0.15, 0.2) is 17.3 Å². The largest absolute Gasteiger partial charge is 0.493 e. The Morgan fingerprint density at radius 2 is 2.05 bits per heavy atom. The highest BCUT2D eigenvalue weighted by Crippen LogP contribution is 2.47. The first-order valence-corrected chi connectivity index (χ1v) is 12.9. The van der Waals surface area contributed by atoms with Gasteiger partial charge in [0, 0.05) is 23.3 Å². The van der Waals surface area contributed by atoms with Crippen LogP contribution in [0.3, 0.4) is 0 Å². The average molecular weight is 558 g/mol. The predicted octanol–water partition coefficient (Wildman–Crippen LogP) is 4.43. The maximum absolute atomic E-state index is 15.5. The molecule has 2 aromatic carbocycles. The van der Waals surface area contributed by atoms with Gasteiger partial charge in [0.25, 0.3) is 0 Å². The molecule has 0 bridgehead atoms. The van der Waals surface area contributed by atoms with Gasteiger partial charge in [0.2, 0.25) is 0 Å². The minimum absolute atomic E-state index is 0.0210. The lowest BCUT2D eigenvalue weighted by atomic mass is 9.97. The fourth-order valence-corrected chi connectivity index (χ4v) is 5.04.